The Hall–Kier alpha value is -2.34. The van der Waals surface area contributed by atoms with Gasteiger partial charge in [-0.3, -0.25) is 4.79 Å². The lowest BCUT2D eigenvalue weighted by molar-refractivity contribution is 0.0812. The molecule has 2 rings (SSSR count). The van der Waals surface area contributed by atoms with Gasteiger partial charge in [0.05, 0.1) is 18.9 Å². The minimum atomic E-state index is -0.538. The average molecular weight is 345 g/mol. The highest BCUT2D eigenvalue weighted by Gasteiger charge is 2.18. The number of hydrogen-bond donors (Lipinski definition) is 2. The van der Waals surface area contributed by atoms with E-state index in [0.717, 1.165) is 30.0 Å². The normalized spacial score (nSPS) is 12.2. The SMILES string of the molecule is CCC(CC)C(O)CNC(=O)c1cc(C)n(-c2ccc(OC)cc2)n1. The smallest absolute Gasteiger partial charge is 0.271 e. The van der Waals surface area contributed by atoms with Crippen LogP contribution in [0.4, 0.5) is 0 Å². The lowest BCUT2D eigenvalue weighted by Gasteiger charge is -2.19. The molecular formula is C19H27N3O3. The van der Waals surface area contributed by atoms with Gasteiger partial charge in [0.15, 0.2) is 5.69 Å². The number of ether oxygens (including phenoxy) is 1. The maximum atomic E-state index is 12.3. The number of benzene rings is 1. The lowest BCUT2D eigenvalue weighted by atomic mass is 9.96. The van der Waals surface area contributed by atoms with Crippen molar-refractivity contribution in [3.63, 3.8) is 0 Å². The van der Waals surface area contributed by atoms with Gasteiger partial charge in [-0.25, -0.2) is 4.68 Å². The molecule has 0 aliphatic heterocycles. The van der Waals surface area contributed by atoms with Crippen LogP contribution in [0.1, 0.15) is 42.9 Å². The largest absolute Gasteiger partial charge is 0.497 e. The maximum absolute atomic E-state index is 12.3. The third-order valence-electron chi connectivity index (χ3n) is 4.50. The molecule has 0 bridgehead atoms. The average Bonchev–Trinajstić information content (AvgIpc) is 3.02. The molecule has 0 aliphatic carbocycles. The van der Waals surface area contributed by atoms with Gasteiger partial charge in [0.25, 0.3) is 5.91 Å². The molecule has 136 valence electrons. The first-order chi connectivity index (χ1) is 12.0. The van der Waals surface area contributed by atoms with E-state index in [-0.39, 0.29) is 18.4 Å². The molecule has 1 unspecified atom stereocenters. The first kappa shape index (κ1) is 19.0. The number of methoxy groups -OCH3 is 1. The molecule has 0 radical (unpaired) electrons. The molecule has 1 atom stereocenters. The molecule has 1 amide bonds. The van der Waals surface area contributed by atoms with Crippen molar-refractivity contribution in [2.45, 2.75) is 39.7 Å². The predicted octanol–water partition coefficient (Wildman–Crippen LogP) is 2.72. The highest BCUT2D eigenvalue weighted by Crippen LogP contribution is 2.17. The number of carbonyl (C=O) groups is 1. The Kier molecular flexibility index (Phi) is 6.58. The molecule has 1 aromatic carbocycles. The molecule has 1 aromatic heterocycles. The standard InChI is InChI=1S/C19H27N3O3/c1-5-14(6-2)18(23)12-20-19(24)17-11-13(3)22(21-17)15-7-9-16(25-4)10-8-15/h7-11,14,18,23H,5-6,12H2,1-4H3,(H,20,24). The number of carbonyl (C=O) groups excluding carboxylic acids is 1. The summed E-state index contributed by atoms with van der Waals surface area (Å²) >= 11 is 0. The quantitative estimate of drug-likeness (QED) is 0.771. The van der Waals surface area contributed by atoms with E-state index >= 15 is 0 Å². The Bertz CT molecular complexity index is 690. The van der Waals surface area contributed by atoms with Gasteiger partial charge < -0.3 is 15.2 Å². The summed E-state index contributed by atoms with van der Waals surface area (Å²) in [6.45, 7) is 6.21. The van der Waals surface area contributed by atoms with E-state index in [1.54, 1.807) is 17.9 Å². The van der Waals surface area contributed by atoms with Crippen LogP contribution in [-0.4, -0.2) is 40.6 Å². The van der Waals surface area contributed by atoms with Gasteiger partial charge in [-0.05, 0) is 43.2 Å². The van der Waals surface area contributed by atoms with Crippen LogP contribution in [0.2, 0.25) is 0 Å². The Labute approximate surface area is 148 Å². The van der Waals surface area contributed by atoms with Crippen molar-refractivity contribution in [2.24, 2.45) is 5.92 Å². The van der Waals surface area contributed by atoms with E-state index in [9.17, 15) is 9.90 Å². The first-order valence-corrected chi connectivity index (χ1v) is 8.67. The summed E-state index contributed by atoms with van der Waals surface area (Å²) in [6, 6.07) is 9.21. The number of rotatable bonds is 8. The molecule has 0 fully saturated rings. The number of aliphatic hydroxyl groups excluding tert-OH is 1. The summed E-state index contributed by atoms with van der Waals surface area (Å²) in [5.41, 5.74) is 2.05. The fourth-order valence-electron chi connectivity index (χ4n) is 2.86. The molecule has 6 nitrogen and oxygen atoms in total. The number of aliphatic hydroxyl groups is 1. The van der Waals surface area contributed by atoms with Crippen LogP contribution < -0.4 is 10.1 Å². The highest BCUT2D eigenvalue weighted by molar-refractivity contribution is 5.92. The van der Waals surface area contributed by atoms with Crippen LogP contribution in [0.25, 0.3) is 5.69 Å². The summed E-state index contributed by atoms with van der Waals surface area (Å²) in [4.78, 5) is 12.3. The Balaban J connectivity index is 2.06. The summed E-state index contributed by atoms with van der Waals surface area (Å²) < 4.78 is 6.87. The Morgan fingerprint density at radius 2 is 1.92 bits per heavy atom. The van der Waals surface area contributed by atoms with Gasteiger partial charge in [-0.15, -0.1) is 0 Å². The van der Waals surface area contributed by atoms with Gasteiger partial charge in [0, 0.05) is 12.2 Å². The number of hydrogen-bond acceptors (Lipinski definition) is 4. The van der Waals surface area contributed by atoms with E-state index in [2.05, 4.69) is 10.4 Å². The van der Waals surface area contributed by atoms with Crippen molar-refractivity contribution in [2.75, 3.05) is 13.7 Å². The summed E-state index contributed by atoms with van der Waals surface area (Å²) in [5, 5.41) is 17.3. The topological polar surface area (TPSA) is 76.4 Å². The predicted molar refractivity (Wildman–Crippen MR) is 97.3 cm³/mol. The van der Waals surface area contributed by atoms with E-state index in [0.29, 0.717) is 5.69 Å². The number of aromatic nitrogens is 2. The van der Waals surface area contributed by atoms with Crippen molar-refractivity contribution < 1.29 is 14.6 Å². The summed E-state index contributed by atoms with van der Waals surface area (Å²) in [6.07, 6.45) is 1.24. The second kappa shape index (κ2) is 8.67. The summed E-state index contributed by atoms with van der Waals surface area (Å²) in [5.74, 6) is 0.682. The van der Waals surface area contributed by atoms with Crippen LogP contribution >= 0.6 is 0 Å². The fourth-order valence-corrected chi connectivity index (χ4v) is 2.86. The molecule has 0 aliphatic rings. The zero-order valence-electron chi connectivity index (χ0n) is 15.3. The maximum Gasteiger partial charge on any atom is 0.271 e. The van der Waals surface area contributed by atoms with Gasteiger partial charge in [0.1, 0.15) is 5.75 Å². The zero-order chi connectivity index (χ0) is 18.4. The first-order valence-electron chi connectivity index (χ1n) is 8.67. The van der Waals surface area contributed by atoms with Crippen LogP contribution in [0.15, 0.2) is 30.3 Å². The van der Waals surface area contributed by atoms with Crippen molar-refractivity contribution in [1.29, 1.82) is 0 Å². The van der Waals surface area contributed by atoms with Crippen molar-refractivity contribution in [3.05, 3.63) is 41.7 Å². The van der Waals surface area contributed by atoms with Gasteiger partial charge in [-0.2, -0.15) is 5.10 Å². The van der Waals surface area contributed by atoms with Crippen LogP contribution in [0.5, 0.6) is 5.75 Å². The molecule has 0 saturated heterocycles. The lowest BCUT2D eigenvalue weighted by Crippen LogP contribution is -2.36. The molecule has 2 N–H and O–H groups in total. The van der Waals surface area contributed by atoms with E-state index in [4.69, 9.17) is 4.74 Å². The number of amides is 1. The van der Waals surface area contributed by atoms with Gasteiger partial charge in [0.2, 0.25) is 0 Å². The Morgan fingerprint density at radius 1 is 1.28 bits per heavy atom. The molecule has 2 aromatic rings. The molecular weight excluding hydrogens is 318 g/mol. The van der Waals surface area contributed by atoms with E-state index < -0.39 is 6.10 Å². The molecule has 6 heteroatoms. The van der Waals surface area contributed by atoms with Crippen LogP contribution in [-0.2, 0) is 0 Å². The van der Waals surface area contributed by atoms with Gasteiger partial charge in [-0.1, -0.05) is 26.7 Å². The van der Waals surface area contributed by atoms with Crippen LogP contribution in [0.3, 0.4) is 0 Å². The van der Waals surface area contributed by atoms with Crippen LogP contribution in [0, 0.1) is 12.8 Å². The van der Waals surface area contributed by atoms with E-state index in [1.165, 1.54) is 0 Å². The number of nitrogens with one attached hydrogen (secondary N) is 1. The van der Waals surface area contributed by atoms with Crippen molar-refractivity contribution >= 4 is 5.91 Å². The van der Waals surface area contributed by atoms with Crippen molar-refractivity contribution in [1.82, 2.24) is 15.1 Å². The molecule has 1 heterocycles. The second-order valence-electron chi connectivity index (χ2n) is 6.13. The minimum Gasteiger partial charge on any atom is -0.497 e. The number of nitrogens with zero attached hydrogens (tertiary/aromatic N) is 2. The molecule has 0 saturated carbocycles. The number of aryl methyl sites for hydroxylation is 1. The zero-order valence-corrected chi connectivity index (χ0v) is 15.3. The highest BCUT2D eigenvalue weighted by atomic mass is 16.5. The van der Waals surface area contributed by atoms with E-state index in [1.807, 2.05) is 45.0 Å². The minimum absolute atomic E-state index is 0.193. The van der Waals surface area contributed by atoms with Gasteiger partial charge >= 0.3 is 0 Å². The molecule has 25 heavy (non-hydrogen) atoms. The third-order valence-corrected chi connectivity index (χ3v) is 4.50. The Morgan fingerprint density at radius 3 is 2.48 bits per heavy atom. The van der Waals surface area contributed by atoms with Crippen molar-refractivity contribution in [3.8, 4) is 11.4 Å². The summed E-state index contributed by atoms with van der Waals surface area (Å²) in [7, 11) is 1.62. The monoisotopic (exact) mass is 345 g/mol. The second-order valence-corrected chi connectivity index (χ2v) is 6.13. The third kappa shape index (κ3) is 4.60. The fraction of sp³-hybridized carbons (Fsp3) is 0.474. The molecule has 0 spiro atoms.